The minimum atomic E-state index is -5.61. The second-order valence-corrected chi connectivity index (χ2v) is 22.7. The molecule has 0 radical (unpaired) electrons. The number of aliphatic hydroxyl groups is 2. The number of nitrogens with one attached hydrogen (secondary N) is 2. The molecule has 26 nitrogen and oxygen atoms in total. The van der Waals surface area contributed by atoms with Gasteiger partial charge in [0.1, 0.15) is 36.3 Å². The van der Waals surface area contributed by atoms with Crippen LogP contribution in [-0.4, -0.2) is 135 Å². The summed E-state index contributed by atoms with van der Waals surface area (Å²) in [5.74, 6) is -1.92. The van der Waals surface area contributed by atoms with E-state index in [9.17, 15) is 62.7 Å². The molecule has 2 fully saturated rings. The first-order valence-corrected chi connectivity index (χ1v) is 27.0. The smallest absolute Gasteiger partial charge is 0.386 e. The Balaban J connectivity index is 0.753. The first-order valence-electron chi connectivity index (χ1n) is 21.5. The lowest BCUT2D eigenvalue weighted by molar-refractivity contribution is -0.137. The van der Waals surface area contributed by atoms with Crippen molar-refractivity contribution in [1.29, 1.82) is 0 Å². The average molecular weight is 1060 g/mol. The molecular formula is C41H47N8O18P3S. The van der Waals surface area contributed by atoms with Crippen molar-refractivity contribution >= 4 is 114 Å². The molecular weight excluding hydrogens is 1020 g/mol. The fraction of sp³-hybridized carbons (Fsp3) is 0.390. The lowest BCUT2D eigenvalue weighted by Gasteiger charge is -2.30. The van der Waals surface area contributed by atoms with Gasteiger partial charge >= 0.3 is 23.5 Å². The van der Waals surface area contributed by atoms with Crippen LogP contribution in [0.15, 0.2) is 67.3 Å². The maximum atomic E-state index is 13.5. The van der Waals surface area contributed by atoms with Gasteiger partial charge in [-0.25, -0.2) is 33.5 Å². The quantitative estimate of drug-likeness (QED) is 0.0216. The number of thioether (sulfide) groups is 1. The number of hydrogen-bond donors (Lipinski definition) is 9. The van der Waals surface area contributed by atoms with Crippen molar-refractivity contribution in [3.63, 3.8) is 0 Å². The number of imide groups is 1. The van der Waals surface area contributed by atoms with Crippen LogP contribution < -0.4 is 21.3 Å². The Morgan fingerprint density at radius 3 is 2.25 bits per heavy atom. The van der Waals surface area contributed by atoms with E-state index in [1.165, 1.54) is 30.5 Å². The van der Waals surface area contributed by atoms with E-state index in [1.54, 1.807) is 0 Å². The first kappa shape index (κ1) is 52.3. The third-order valence-corrected chi connectivity index (χ3v) is 15.9. The molecule has 0 aliphatic carbocycles. The van der Waals surface area contributed by atoms with Gasteiger partial charge in [-0.05, 0) is 44.5 Å². The van der Waals surface area contributed by atoms with E-state index in [-0.39, 0.29) is 54.7 Å². The number of aliphatic hydroxyl groups excluding tert-OH is 2. The molecule has 2 aliphatic heterocycles. The minimum Gasteiger partial charge on any atom is -0.386 e. The molecule has 6 aromatic rings. The van der Waals surface area contributed by atoms with Crippen LogP contribution in [0.3, 0.4) is 0 Å². The van der Waals surface area contributed by atoms with Crippen molar-refractivity contribution in [2.75, 3.05) is 42.7 Å². The summed E-state index contributed by atoms with van der Waals surface area (Å²) >= 11 is 1.23. The minimum absolute atomic E-state index is 0.00951. The van der Waals surface area contributed by atoms with Gasteiger partial charge in [-0.3, -0.25) is 37.3 Å². The highest BCUT2D eigenvalue weighted by Crippen LogP contribution is 2.61. The number of hydrogen-bond acceptors (Lipinski definition) is 19. The van der Waals surface area contributed by atoms with Crippen LogP contribution in [0.4, 0.5) is 11.5 Å². The zero-order chi connectivity index (χ0) is 51.2. The summed E-state index contributed by atoms with van der Waals surface area (Å²) in [4.78, 5) is 105. The van der Waals surface area contributed by atoms with Crippen LogP contribution in [0.25, 0.3) is 43.5 Å². The lowest BCUT2D eigenvalue weighted by atomic mass is 9.87. The van der Waals surface area contributed by atoms with Gasteiger partial charge in [0, 0.05) is 37.1 Å². The van der Waals surface area contributed by atoms with Crippen molar-refractivity contribution in [2.24, 2.45) is 5.41 Å². The summed E-state index contributed by atoms with van der Waals surface area (Å²) in [5.41, 5.74) is 4.71. The summed E-state index contributed by atoms with van der Waals surface area (Å²) < 4.78 is 62.6. The van der Waals surface area contributed by atoms with Gasteiger partial charge in [0.25, 0.3) is 0 Å². The lowest BCUT2D eigenvalue weighted by Crippen LogP contribution is -2.46. The van der Waals surface area contributed by atoms with E-state index >= 15 is 0 Å². The number of imidazole rings is 1. The Bertz CT molecular complexity index is 3110. The summed E-state index contributed by atoms with van der Waals surface area (Å²) in [5, 5.41) is 32.2. The maximum Gasteiger partial charge on any atom is 0.481 e. The normalized spacial score (nSPS) is 22.1. The van der Waals surface area contributed by atoms with Crippen molar-refractivity contribution < 1.29 is 85.3 Å². The highest BCUT2D eigenvalue weighted by molar-refractivity contribution is 8.00. The van der Waals surface area contributed by atoms with Crippen molar-refractivity contribution in [1.82, 2.24) is 30.2 Å². The number of carbonyl (C=O) groups excluding carboxylic acids is 4. The number of aromatic nitrogens is 4. The Kier molecular flexibility index (Phi) is 15.1. The summed E-state index contributed by atoms with van der Waals surface area (Å²) in [7, 11) is -16.5. The number of benzene rings is 4. The standard InChI is InChI=1S/C41H47N8O18P3S/c1-41(2,18-64-70(61,62)67-69(59,60)63-17-26-34(66-68(56,57)58)33(52)40(65-26)48-20-47-32-36(42)45-19-46-37(32)48)35(53)38(54)44-11-10-28(50)43-12-13-71-27-16-29(51)49(39(27)55)25-14-23-8-6-21-4-3-5-22-7-9-24(15-25)31(23)30(21)22/h3-9,14-15,19-20,26-27,33-35,40,52-53H,10-13,16-18H2,1-2H3,(H,43,50)(H,44,54)(H,59,60)(H,61,62)(H2,42,45,46)(H2,56,57,58)/t26-,27?,33-,34-,35+,40-/m1/s1. The average Bonchev–Trinajstić information content (AvgIpc) is 3.96. The molecule has 0 saturated carbocycles. The van der Waals surface area contributed by atoms with Gasteiger partial charge in [-0.15, -0.1) is 11.8 Å². The predicted octanol–water partition coefficient (Wildman–Crippen LogP) is 2.37. The summed E-state index contributed by atoms with van der Waals surface area (Å²) in [6.45, 7) is 0.321. The van der Waals surface area contributed by atoms with Gasteiger partial charge in [0.05, 0.1) is 30.5 Å². The molecule has 3 unspecified atom stereocenters. The van der Waals surface area contributed by atoms with Gasteiger partial charge in [-0.1, -0.05) is 56.3 Å². The van der Waals surface area contributed by atoms with E-state index in [1.807, 2.05) is 54.6 Å². The number of ether oxygens (including phenoxy) is 1. The van der Waals surface area contributed by atoms with Gasteiger partial charge in [-0.2, -0.15) is 4.31 Å². The van der Waals surface area contributed by atoms with Crippen LogP contribution >= 0.6 is 35.2 Å². The van der Waals surface area contributed by atoms with Crippen LogP contribution in [-0.2, 0) is 55.5 Å². The number of phosphoric acid groups is 3. The fourth-order valence-electron chi connectivity index (χ4n) is 8.20. The molecule has 8 atom stereocenters. The Morgan fingerprint density at radius 1 is 0.930 bits per heavy atom. The SMILES string of the molecule is CC(C)(COP(=O)(O)OP(=O)(O)OC[C@H]1O[C@@H](n2cnc3c(N)ncnc32)[C@H](O)[C@@H]1OP(=O)(O)O)[C@@H](O)C(=O)NCCC(=O)NCCSC1CC(=O)N(c2cc3ccc4cccc5ccc(c2)c3c45)C1=O. The highest BCUT2D eigenvalue weighted by Gasteiger charge is 2.50. The number of rotatable bonds is 21. The Hall–Kier alpha value is -5.05. The third-order valence-electron chi connectivity index (χ3n) is 11.6. The third kappa shape index (κ3) is 11.6. The monoisotopic (exact) mass is 1060 g/mol. The largest absolute Gasteiger partial charge is 0.481 e. The molecule has 71 heavy (non-hydrogen) atoms. The van der Waals surface area contributed by atoms with Crippen LogP contribution in [0.5, 0.6) is 0 Å². The molecule has 8 rings (SSSR count). The number of fused-ring (bicyclic) bond motifs is 1. The molecule has 4 heterocycles. The molecule has 4 amide bonds. The summed E-state index contributed by atoms with van der Waals surface area (Å²) in [6.07, 6.45) is -7.09. The highest BCUT2D eigenvalue weighted by atomic mass is 32.2. The number of carbonyl (C=O) groups is 4. The fourth-order valence-corrected chi connectivity index (χ4v) is 12.0. The zero-order valence-corrected chi connectivity index (χ0v) is 40.9. The number of phosphoric ester groups is 3. The number of nitrogen functional groups attached to an aromatic ring is 1. The number of amides is 4. The molecule has 4 aromatic carbocycles. The van der Waals surface area contributed by atoms with E-state index in [4.69, 9.17) is 19.5 Å². The van der Waals surface area contributed by atoms with Gasteiger partial charge in [0.2, 0.25) is 23.6 Å². The topological polar surface area (TPSA) is 384 Å². The number of anilines is 2. The van der Waals surface area contributed by atoms with Gasteiger partial charge < -0.3 is 50.9 Å². The molecule has 10 N–H and O–H groups in total. The molecule has 0 bridgehead atoms. The van der Waals surface area contributed by atoms with Crippen molar-refractivity contribution in [3.8, 4) is 0 Å². The van der Waals surface area contributed by atoms with Gasteiger partial charge in [0.15, 0.2) is 17.7 Å². The van der Waals surface area contributed by atoms with Crippen LogP contribution in [0.2, 0.25) is 0 Å². The molecule has 30 heteroatoms. The Labute approximate surface area is 406 Å². The van der Waals surface area contributed by atoms with Crippen LogP contribution in [0, 0.1) is 5.41 Å². The maximum absolute atomic E-state index is 13.5. The predicted molar refractivity (Wildman–Crippen MR) is 253 cm³/mol. The Morgan fingerprint density at radius 2 is 1.58 bits per heavy atom. The molecule has 2 saturated heterocycles. The first-order chi connectivity index (χ1) is 33.4. The summed E-state index contributed by atoms with van der Waals surface area (Å²) in [6, 6.07) is 17.7. The second kappa shape index (κ2) is 20.5. The second-order valence-electron chi connectivity index (χ2n) is 17.2. The van der Waals surface area contributed by atoms with Crippen molar-refractivity contribution in [2.45, 2.75) is 62.6 Å². The van der Waals surface area contributed by atoms with Crippen molar-refractivity contribution in [3.05, 3.63) is 67.3 Å². The van der Waals surface area contributed by atoms with E-state index in [2.05, 4.69) is 34.4 Å². The molecule has 380 valence electrons. The molecule has 2 aliphatic rings. The number of nitrogens with zero attached hydrogens (tertiary/aromatic N) is 5. The zero-order valence-electron chi connectivity index (χ0n) is 37.4. The van der Waals surface area contributed by atoms with E-state index < -0.39 is 89.8 Å². The molecule has 0 spiro atoms. The van der Waals surface area contributed by atoms with E-state index in [0.717, 1.165) is 49.5 Å². The number of nitrogens with two attached hydrogens (primary N) is 1. The van der Waals surface area contributed by atoms with E-state index in [0.29, 0.717) is 11.4 Å². The van der Waals surface area contributed by atoms with Crippen LogP contribution in [0.1, 0.15) is 32.9 Å². The molecule has 2 aromatic heterocycles.